The van der Waals surface area contributed by atoms with Gasteiger partial charge in [-0.1, -0.05) is 253 Å². The molecule has 1 unspecified atom stereocenters. The second-order valence-electron chi connectivity index (χ2n) is 19.1. The van der Waals surface area contributed by atoms with E-state index >= 15 is 0 Å². The number of hydrogen-bond donors (Lipinski definition) is 0. The van der Waals surface area contributed by atoms with E-state index in [2.05, 4.69) is 118 Å². The fourth-order valence-corrected chi connectivity index (χ4v) is 8.01. The van der Waals surface area contributed by atoms with E-state index < -0.39 is 6.10 Å². The first-order valence-electron chi connectivity index (χ1n) is 29.2. The van der Waals surface area contributed by atoms with Gasteiger partial charge in [0.2, 0.25) is 0 Å². The Labute approximate surface area is 432 Å². The average molecular weight is 974 g/mol. The number of carbonyl (C=O) groups is 3. The summed E-state index contributed by atoms with van der Waals surface area (Å²) in [6, 6.07) is 0. The van der Waals surface area contributed by atoms with Gasteiger partial charge in [0.1, 0.15) is 13.2 Å². The van der Waals surface area contributed by atoms with E-state index in [1.54, 1.807) is 0 Å². The summed E-state index contributed by atoms with van der Waals surface area (Å²) in [5, 5.41) is 0. The van der Waals surface area contributed by atoms with Gasteiger partial charge in [0.05, 0.1) is 0 Å². The van der Waals surface area contributed by atoms with Crippen molar-refractivity contribution >= 4 is 17.9 Å². The van der Waals surface area contributed by atoms with Gasteiger partial charge in [-0.15, -0.1) is 0 Å². The largest absolute Gasteiger partial charge is 0.462 e. The Balaban J connectivity index is 4.42. The predicted molar refractivity (Wildman–Crippen MR) is 302 cm³/mol. The maximum atomic E-state index is 12.9. The summed E-state index contributed by atoms with van der Waals surface area (Å²) in [6.07, 6.45) is 76.8. The Hall–Kier alpha value is -3.67. The van der Waals surface area contributed by atoms with Crippen molar-refractivity contribution in [3.05, 3.63) is 97.2 Å². The molecule has 0 aliphatic heterocycles. The summed E-state index contributed by atoms with van der Waals surface area (Å²) in [5.41, 5.74) is 0. The standard InChI is InChI=1S/C64H108O6/c1-4-7-10-13-16-19-22-25-28-30-31-32-33-35-36-39-42-45-48-51-54-57-63(66)69-60-61(59-68-62(65)56-53-50-47-44-41-38-27-24-21-18-15-12-9-6-3)70-64(67)58-55-52-49-46-43-40-37-34-29-26-23-20-17-14-11-8-5-2/h7-8,10-11,16-17,19-20,25-26,28-29,31-32,35-36,61H,4-6,9,12-15,18,21-24,27,30,33-34,37-60H2,1-3H3/b10-7-,11-8-,19-16-,20-17-,28-25-,29-26-,32-31-,36-35-. The highest BCUT2D eigenvalue weighted by molar-refractivity contribution is 5.71. The Morgan fingerprint density at radius 2 is 0.557 bits per heavy atom. The lowest BCUT2D eigenvalue weighted by Crippen LogP contribution is -2.30. The zero-order valence-electron chi connectivity index (χ0n) is 45.8. The van der Waals surface area contributed by atoms with Gasteiger partial charge in [0.15, 0.2) is 6.10 Å². The molecule has 0 saturated heterocycles. The minimum Gasteiger partial charge on any atom is -0.462 e. The van der Waals surface area contributed by atoms with Crippen LogP contribution in [0.3, 0.4) is 0 Å². The van der Waals surface area contributed by atoms with Gasteiger partial charge < -0.3 is 14.2 Å². The van der Waals surface area contributed by atoms with Gasteiger partial charge in [0, 0.05) is 19.3 Å². The molecule has 0 radical (unpaired) electrons. The smallest absolute Gasteiger partial charge is 0.306 e. The number of unbranched alkanes of at least 4 members (excludes halogenated alkanes) is 25. The van der Waals surface area contributed by atoms with Crippen molar-refractivity contribution in [2.24, 2.45) is 0 Å². The molecule has 0 aromatic heterocycles. The second-order valence-corrected chi connectivity index (χ2v) is 19.1. The van der Waals surface area contributed by atoms with Crippen LogP contribution in [0.15, 0.2) is 97.2 Å². The molecular weight excluding hydrogens is 865 g/mol. The first-order chi connectivity index (χ1) is 34.5. The van der Waals surface area contributed by atoms with Crippen molar-refractivity contribution in [1.29, 1.82) is 0 Å². The average Bonchev–Trinajstić information content (AvgIpc) is 3.36. The first-order valence-corrected chi connectivity index (χ1v) is 29.2. The summed E-state index contributed by atoms with van der Waals surface area (Å²) in [7, 11) is 0. The number of esters is 3. The monoisotopic (exact) mass is 973 g/mol. The molecule has 0 aromatic carbocycles. The summed E-state index contributed by atoms with van der Waals surface area (Å²) >= 11 is 0. The fraction of sp³-hybridized carbons (Fsp3) is 0.703. The Morgan fingerprint density at radius 3 is 0.871 bits per heavy atom. The molecule has 400 valence electrons. The van der Waals surface area contributed by atoms with Gasteiger partial charge in [0.25, 0.3) is 0 Å². The predicted octanol–water partition coefficient (Wildman–Crippen LogP) is 19.7. The molecule has 0 aliphatic rings. The van der Waals surface area contributed by atoms with Crippen LogP contribution in [0.5, 0.6) is 0 Å². The normalized spacial score (nSPS) is 12.8. The number of carbonyl (C=O) groups excluding carboxylic acids is 3. The van der Waals surface area contributed by atoms with Crippen LogP contribution in [-0.2, 0) is 28.6 Å². The third kappa shape index (κ3) is 55.3. The summed E-state index contributed by atoms with van der Waals surface area (Å²) < 4.78 is 16.9. The molecule has 70 heavy (non-hydrogen) atoms. The van der Waals surface area contributed by atoms with E-state index in [1.807, 2.05) is 0 Å². The Bertz CT molecular complexity index is 1400. The van der Waals surface area contributed by atoms with Crippen LogP contribution in [0.4, 0.5) is 0 Å². The molecule has 0 aromatic rings. The van der Waals surface area contributed by atoms with Gasteiger partial charge in [-0.05, 0) is 96.3 Å². The van der Waals surface area contributed by atoms with Crippen molar-refractivity contribution in [3.63, 3.8) is 0 Å². The van der Waals surface area contributed by atoms with Gasteiger partial charge >= 0.3 is 17.9 Å². The fourth-order valence-electron chi connectivity index (χ4n) is 8.01. The molecule has 6 nitrogen and oxygen atoms in total. The molecular formula is C64H108O6. The zero-order valence-corrected chi connectivity index (χ0v) is 45.8. The van der Waals surface area contributed by atoms with E-state index in [1.165, 1.54) is 96.3 Å². The zero-order chi connectivity index (χ0) is 50.7. The third-order valence-corrected chi connectivity index (χ3v) is 12.3. The van der Waals surface area contributed by atoms with Gasteiger partial charge in [-0.2, -0.15) is 0 Å². The maximum absolute atomic E-state index is 12.9. The molecule has 0 fully saturated rings. The molecule has 0 spiro atoms. The van der Waals surface area contributed by atoms with Crippen LogP contribution in [0.2, 0.25) is 0 Å². The molecule has 0 amide bonds. The molecule has 0 rings (SSSR count). The van der Waals surface area contributed by atoms with Crippen molar-refractivity contribution in [1.82, 2.24) is 0 Å². The highest BCUT2D eigenvalue weighted by Crippen LogP contribution is 2.15. The van der Waals surface area contributed by atoms with Crippen LogP contribution < -0.4 is 0 Å². The SMILES string of the molecule is CC/C=C\C/C=C\C/C=C\C/C=C\C/C=C\CCCCCCCC(=O)OCC(COC(=O)CCCCCCCCCCCCCCCC)OC(=O)CCCCCCCCC/C=C\C/C=C\C/C=C\CC. The summed E-state index contributed by atoms with van der Waals surface area (Å²) in [5.74, 6) is -0.910. The van der Waals surface area contributed by atoms with E-state index in [9.17, 15) is 14.4 Å². The molecule has 0 saturated carbocycles. The quantitative estimate of drug-likeness (QED) is 0.0262. The van der Waals surface area contributed by atoms with Crippen LogP contribution in [0, 0.1) is 0 Å². The molecule has 0 aliphatic carbocycles. The number of hydrogen-bond acceptors (Lipinski definition) is 6. The minimum absolute atomic E-state index is 0.0864. The van der Waals surface area contributed by atoms with Crippen molar-refractivity contribution < 1.29 is 28.6 Å². The Morgan fingerprint density at radius 1 is 0.300 bits per heavy atom. The number of rotatable bonds is 52. The van der Waals surface area contributed by atoms with E-state index in [0.717, 1.165) is 135 Å². The molecule has 0 N–H and O–H groups in total. The minimum atomic E-state index is -0.791. The van der Waals surface area contributed by atoms with Gasteiger partial charge in [-0.3, -0.25) is 14.4 Å². The maximum Gasteiger partial charge on any atom is 0.306 e. The first kappa shape index (κ1) is 66.3. The highest BCUT2D eigenvalue weighted by Gasteiger charge is 2.19. The highest BCUT2D eigenvalue weighted by atomic mass is 16.6. The lowest BCUT2D eigenvalue weighted by Gasteiger charge is -2.18. The molecule has 0 bridgehead atoms. The van der Waals surface area contributed by atoms with Gasteiger partial charge in [-0.25, -0.2) is 0 Å². The number of ether oxygens (including phenoxy) is 3. The third-order valence-electron chi connectivity index (χ3n) is 12.3. The Kier molecular flexibility index (Phi) is 54.9. The van der Waals surface area contributed by atoms with Crippen molar-refractivity contribution in [2.75, 3.05) is 13.2 Å². The second kappa shape index (κ2) is 57.9. The summed E-state index contributed by atoms with van der Waals surface area (Å²) in [6.45, 7) is 6.41. The lowest BCUT2D eigenvalue weighted by molar-refractivity contribution is -0.167. The van der Waals surface area contributed by atoms with Crippen LogP contribution in [0.1, 0.15) is 271 Å². The molecule has 1 atom stereocenters. The van der Waals surface area contributed by atoms with E-state index in [0.29, 0.717) is 19.3 Å². The molecule has 0 heterocycles. The van der Waals surface area contributed by atoms with Crippen LogP contribution >= 0.6 is 0 Å². The van der Waals surface area contributed by atoms with Crippen molar-refractivity contribution in [2.45, 2.75) is 277 Å². The van der Waals surface area contributed by atoms with Crippen LogP contribution in [-0.4, -0.2) is 37.2 Å². The topological polar surface area (TPSA) is 78.9 Å². The van der Waals surface area contributed by atoms with E-state index in [4.69, 9.17) is 14.2 Å². The van der Waals surface area contributed by atoms with E-state index in [-0.39, 0.29) is 31.1 Å². The molecule has 6 heteroatoms. The lowest BCUT2D eigenvalue weighted by atomic mass is 10.0. The number of allylic oxidation sites excluding steroid dienone is 16. The van der Waals surface area contributed by atoms with Crippen molar-refractivity contribution in [3.8, 4) is 0 Å². The summed E-state index contributed by atoms with van der Waals surface area (Å²) in [4.78, 5) is 38.2. The van der Waals surface area contributed by atoms with Crippen LogP contribution in [0.25, 0.3) is 0 Å².